The molecule has 0 spiro atoms. The van der Waals surface area contributed by atoms with Crippen LogP contribution in [-0.4, -0.2) is 63.5 Å². The fraction of sp³-hybridized carbons (Fsp3) is 0.391. The van der Waals surface area contributed by atoms with Gasteiger partial charge in [0.2, 0.25) is 0 Å². The molecular formula is C23H26N6O3. The van der Waals surface area contributed by atoms with E-state index in [1.165, 1.54) is 0 Å². The predicted molar refractivity (Wildman–Crippen MR) is 117 cm³/mol. The van der Waals surface area contributed by atoms with Crippen LogP contribution < -0.4 is 9.64 Å². The van der Waals surface area contributed by atoms with E-state index < -0.39 is 0 Å². The third-order valence-corrected chi connectivity index (χ3v) is 5.71. The van der Waals surface area contributed by atoms with Crippen molar-refractivity contribution in [3.05, 3.63) is 65.1 Å². The van der Waals surface area contributed by atoms with Gasteiger partial charge in [0.15, 0.2) is 0 Å². The average molecular weight is 435 g/mol. The number of benzene rings is 1. The predicted octanol–water partition coefficient (Wildman–Crippen LogP) is 1.82. The molecule has 3 aromatic rings. The second-order valence-electron chi connectivity index (χ2n) is 8.02. The van der Waals surface area contributed by atoms with Gasteiger partial charge in [-0.25, -0.2) is 0 Å². The summed E-state index contributed by atoms with van der Waals surface area (Å²) in [5.41, 5.74) is 3.47. The Kier molecular flexibility index (Phi) is 5.72. The van der Waals surface area contributed by atoms with Gasteiger partial charge in [-0.15, -0.1) is 0 Å². The molecule has 1 fully saturated rings. The summed E-state index contributed by atoms with van der Waals surface area (Å²) in [5.74, 6) is 0.691. The molecule has 2 aromatic heterocycles. The molecule has 0 N–H and O–H groups in total. The van der Waals surface area contributed by atoms with Crippen molar-refractivity contribution in [2.75, 3.05) is 37.8 Å². The Morgan fingerprint density at radius 3 is 2.66 bits per heavy atom. The van der Waals surface area contributed by atoms with E-state index in [0.29, 0.717) is 45.0 Å². The second kappa shape index (κ2) is 8.96. The van der Waals surface area contributed by atoms with Gasteiger partial charge in [-0.2, -0.15) is 15.1 Å². The summed E-state index contributed by atoms with van der Waals surface area (Å²) >= 11 is 0. The van der Waals surface area contributed by atoms with Gasteiger partial charge in [0, 0.05) is 44.9 Å². The lowest BCUT2D eigenvalue weighted by Gasteiger charge is -2.29. The van der Waals surface area contributed by atoms with Crippen LogP contribution in [0.2, 0.25) is 0 Å². The maximum absolute atomic E-state index is 13.2. The monoisotopic (exact) mass is 434 g/mol. The Hall–Kier alpha value is -3.46. The van der Waals surface area contributed by atoms with Crippen LogP contribution >= 0.6 is 0 Å². The van der Waals surface area contributed by atoms with Crippen LogP contribution in [-0.2, 0) is 31.3 Å². The number of aromatic nitrogens is 4. The number of morpholine rings is 1. The van der Waals surface area contributed by atoms with E-state index >= 15 is 0 Å². The summed E-state index contributed by atoms with van der Waals surface area (Å²) in [4.78, 5) is 26.4. The van der Waals surface area contributed by atoms with Crippen LogP contribution in [0.5, 0.6) is 6.01 Å². The molecule has 0 bridgehead atoms. The number of aryl methyl sites for hydroxylation is 1. The quantitative estimate of drug-likeness (QED) is 0.561. The summed E-state index contributed by atoms with van der Waals surface area (Å²) < 4.78 is 13.2. The topological polar surface area (TPSA) is 85.6 Å². The molecule has 166 valence electrons. The molecule has 0 unspecified atom stereocenters. The Labute approximate surface area is 186 Å². The first-order chi connectivity index (χ1) is 15.7. The van der Waals surface area contributed by atoms with Gasteiger partial charge >= 0.3 is 6.01 Å². The summed E-state index contributed by atoms with van der Waals surface area (Å²) in [6.07, 6.45) is 4.46. The molecule has 1 aromatic carbocycles. The number of fused-ring (bicyclic) bond motifs is 1. The van der Waals surface area contributed by atoms with Gasteiger partial charge in [-0.1, -0.05) is 30.3 Å². The molecule has 5 rings (SSSR count). The van der Waals surface area contributed by atoms with E-state index in [2.05, 4.69) is 15.0 Å². The van der Waals surface area contributed by atoms with Crippen molar-refractivity contribution in [3.8, 4) is 6.01 Å². The van der Waals surface area contributed by atoms with Crippen LogP contribution in [0.4, 0.5) is 5.82 Å². The molecular weight excluding hydrogens is 408 g/mol. The second-order valence-corrected chi connectivity index (χ2v) is 8.02. The zero-order chi connectivity index (χ0) is 21.9. The standard InChI is InChI=1S/C23H26N6O3/c1-27-14-18(13-24-27)7-10-32-23-25-20-19(21(26-23)28-8-11-31-12-9-28)16-29(22(20)30)15-17-5-3-2-4-6-17/h2-6,13-14H,7-12,15-16H2,1H3. The van der Waals surface area contributed by atoms with Crippen molar-refractivity contribution in [3.63, 3.8) is 0 Å². The van der Waals surface area contributed by atoms with Crippen molar-refractivity contribution in [1.29, 1.82) is 0 Å². The van der Waals surface area contributed by atoms with E-state index in [0.717, 1.165) is 35.6 Å². The molecule has 9 nitrogen and oxygen atoms in total. The molecule has 4 heterocycles. The highest BCUT2D eigenvalue weighted by molar-refractivity contribution is 5.98. The largest absolute Gasteiger partial charge is 0.463 e. The number of hydrogen-bond acceptors (Lipinski definition) is 7. The molecule has 1 amide bonds. The summed E-state index contributed by atoms with van der Waals surface area (Å²) in [6, 6.07) is 10.2. The van der Waals surface area contributed by atoms with E-state index in [9.17, 15) is 4.79 Å². The van der Waals surface area contributed by atoms with Gasteiger partial charge in [0.1, 0.15) is 11.5 Å². The lowest BCUT2D eigenvalue weighted by molar-refractivity contribution is 0.0761. The first-order valence-corrected chi connectivity index (χ1v) is 10.8. The highest BCUT2D eigenvalue weighted by Crippen LogP contribution is 2.32. The fourth-order valence-electron chi connectivity index (χ4n) is 4.08. The zero-order valence-electron chi connectivity index (χ0n) is 18.1. The van der Waals surface area contributed by atoms with E-state index in [1.54, 1.807) is 4.68 Å². The third kappa shape index (κ3) is 4.29. The summed E-state index contributed by atoms with van der Waals surface area (Å²) in [5, 5.41) is 4.18. The number of anilines is 1. The van der Waals surface area contributed by atoms with Crippen molar-refractivity contribution in [1.82, 2.24) is 24.6 Å². The minimum Gasteiger partial charge on any atom is -0.463 e. The van der Waals surface area contributed by atoms with E-state index in [1.807, 2.05) is 54.7 Å². The van der Waals surface area contributed by atoms with Crippen LogP contribution in [0.15, 0.2) is 42.7 Å². The molecule has 32 heavy (non-hydrogen) atoms. The number of ether oxygens (including phenoxy) is 2. The van der Waals surface area contributed by atoms with Crippen molar-refractivity contribution in [2.45, 2.75) is 19.5 Å². The van der Waals surface area contributed by atoms with Crippen molar-refractivity contribution < 1.29 is 14.3 Å². The molecule has 0 aliphatic carbocycles. The van der Waals surface area contributed by atoms with E-state index in [4.69, 9.17) is 14.5 Å². The molecule has 0 atom stereocenters. The Bertz CT molecular complexity index is 1090. The lowest BCUT2D eigenvalue weighted by atomic mass is 10.2. The highest BCUT2D eigenvalue weighted by atomic mass is 16.5. The molecule has 2 aliphatic rings. The Morgan fingerprint density at radius 1 is 1.09 bits per heavy atom. The number of hydrogen-bond donors (Lipinski definition) is 0. The van der Waals surface area contributed by atoms with Gasteiger partial charge in [0.05, 0.1) is 32.6 Å². The minimum absolute atomic E-state index is 0.0853. The summed E-state index contributed by atoms with van der Waals surface area (Å²) in [7, 11) is 1.88. The molecule has 0 saturated carbocycles. The van der Waals surface area contributed by atoms with Crippen LogP contribution in [0, 0.1) is 0 Å². The molecule has 1 saturated heterocycles. The normalized spacial score (nSPS) is 15.8. The SMILES string of the molecule is Cn1cc(CCOc2nc3c(c(N4CCOCC4)n2)CN(Cc2ccccc2)C3=O)cn1. The van der Waals surface area contributed by atoms with Gasteiger partial charge in [-0.05, 0) is 11.1 Å². The number of nitrogens with zero attached hydrogens (tertiary/aromatic N) is 6. The Balaban J connectivity index is 1.38. The molecule has 9 heteroatoms. The van der Waals surface area contributed by atoms with Gasteiger partial charge < -0.3 is 19.3 Å². The maximum atomic E-state index is 13.2. The first kappa shape index (κ1) is 20.4. The van der Waals surface area contributed by atoms with Crippen molar-refractivity contribution in [2.24, 2.45) is 7.05 Å². The third-order valence-electron chi connectivity index (χ3n) is 5.71. The minimum atomic E-state index is -0.0853. The smallest absolute Gasteiger partial charge is 0.319 e. The number of amides is 1. The molecule has 2 aliphatic heterocycles. The van der Waals surface area contributed by atoms with Crippen LogP contribution in [0.3, 0.4) is 0 Å². The summed E-state index contributed by atoms with van der Waals surface area (Å²) in [6.45, 7) is 4.17. The fourth-order valence-corrected chi connectivity index (χ4v) is 4.08. The van der Waals surface area contributed by atoms with Crippen LogP contribution in [0.25, 0.3) is 0 Å². The van der Waals surface area contributed by atoms with Crippen LogP contribution in [0.1, 0.15) is 27.2 Å². The van der Waals surface area contributed by atoms with E-state index in [-0.39, 0.29) is 11.9 Å². The maximum Gasteiger partial charge on any atom is 0.319 e. The molecule has 0 radical (unpaired) electrons. The Morgan fingerprint density at radius 2 is 1.91 bits per heavy atom. The zero-order valence-corrected chi connectivity index (χ0v) is 18.1. The first-order valence-electron chi connectivity index (χ1n) is 10.8. The number of carbonyl (C=O) groups excluding carboxylic acids is 1. The van der Waals surface area contributed by atoms with Crippen molar-refractivity contribution >= 4 is 11.7 Å². The van der Waals surface area contributed by atoms with Gasteiger partial charge in [0.25, 0.3) is 5.91 Å². The lowest BCUT2D eigenvalue weighted by Crippen LogP contribution is -2.37. The highest BCUT2D eigenvalue weighted by Gasteiger charge is 2.35. The van der Waals surface area contributed by atoms with Gasteiger partial charge in [-0.3, -0.25) is 9.48 Å². The number of rotatable bonds is 7. The number of carbonyl (C=O) groups is 1. The average Bonchev–Trinajstić information content (AvgIpc) is 3.37.